The van der Waals surface area contributed by atoms with Crippen LogP contribution < -0.4 is 15.4 Å². The number of thiocarbonyl (C=S) groups is 1. The summed E-state index contributed by atoms with van der Waals surface area (Å²) in [4.78, 5) is 0. The average molecular weight is 304 g/mol. The molecule has 3 nitrogen and oxygen atoms in total. The van der Waals surface area contributed by atoms with Crippen molar-refractivity contribution in [3.05, 3.63) is 36.9 Å². The van der Waals surface area contributed by atoms with Crippen molar-refractivity contribution < 1.29 is 4.74 Å². The lowest BCUT2D eigenvalue weighted by molar-refractivity contribution is 0.292. The Labute approximate surface area is 132 Å². The third kappa shape index (κ3) is 5.05. The summed E-state index contributed by atoms with van der Waals surface area (Å²) in [6.07, 6.45) is 7.97. The molecular formula is C17H24N2OS. The number of ether oxygens (including phenoxy) is 1. The van der Waals surface area contributed by atoms with Gasteiger partial charge in [0, 0.05) is 17.3 Å². The molecule has 0 amide bonds. The number of rotatable bonds is 5. The lowest BCUT2D eigenvalue weighted by Gasteiger charge is -2.35. The maximum atomic E-state index is 5.53. The van der Waals surface area contributed by atoms with E-state index in [0.717, 1.165) is 11.4 Å². The Kier molecular flexibility index (Phi) is 5.62. The van der Waals surface area contributed by atoms with Crippen LogP contribution in [-0.2, 0) is 0 Å². The van der Waals surface area contributed by atoms with Crippen LogP contribution in [0.25, 0.3) is 0 Å². The summed E-state index contributed by atoms with van der Waals surface area (Å²) >= 11 is 5.44. The number of anilines is 1. The Morgan fingerprint density at radius 2 is 2.14 bits per heavy atom. The molecule has 1 aromatic rings. The summed E-state index contributed by atoms with van der Waals surface area (Å²) in [7, 11) is 0. The van der Waals surface area contributed by atoms with E-state index < -0.39 is 0 Å². The summed E-state index contributed by atoms with van der Waals surface area (Å²) < 4.78 is 5.53. The van der Waals surface area contributed by atoms with Gasteiger partial charge >= 0.3 is 0 Å². The third-order valence-corrected chi connectivity index (χ3v) is 4.04. The van der Waals surface area contributed by atoms with Crippen molar-refractivity contribution in [1.82, 2.24) is 5.32 Å². The molecule has 0 heterocycles. The second-order valence-corrected chi connectivity index (χ2v) is 6.24. The Balaban J connectivity index is 1.91. The lowest BCUT2D eigenvalue weighted by atomic mass is 9.83. The molecule has 0 atom stereocenters. The van der Waals surface area contributed by atoms with E-state index in [-0.39, 0.29) is 5.54 Å². The van der Waals surface area contributed by atoms with Crippen molar-refractivity contribution >= 4 is 23.0 Å². The van der Waals surface area contributed by atoms with Crippen molar-refractivity contribution in [3.63, 3.8) is 0 Å². The van der Waals surface area contributed by atoms with Crippen molar-refractivity contribution in [1.29, 1.82) is 0 Å². The standard InChI is InChI=1S/C17H24N2OS/c1-3-12-20-15-9-7-8-14(13-15)18-16(21)19-17(2)10-5-4-6-11-17/h3,7-9,13H,1,4-6,10-12H2,2H3,(H2,18,19,21). The molecule has 0 spiro atoms. The van der Waals surface area contributed by atoms with Gasteiger partial charge in [0.15, 0.2) is 5.11 Å². The van der Waals surface area contributed by atoms with E-state index in [9.17, 15) is 0 Å². The van der Waals surface area contributed by atoms with Crippen LogP contribution in [0.3, 0.4) is 0 Å². The minimum Gasteiger partial charge on any atom is -0.489 e. The smallest absolute Gasteiger partial charge is 0.171 e. The van der Waals surface area contributed by atoms with Gasteiger partial charge in [0.25, 0.3) is 0 Å². The van der Waals surface area contributed by atoms with E-state index in [4.69, 9.17) is 17.0 Å². The van der Waals surface area contributed by atoms with E-state index in [1.165, 1.54) is 32.1 Å². The van der Waals surface area contributed by atoms with Crippen molar-refractivity contribution in [2.24, 2.45) is 0 Å². The average Bonchev–Trinajstić information content (AvgIpc) is 2.45. The van der Waals surface area contributed by atoms with E-state index in [0.29, 0.717) is 11.7 Å². The first-order chi connectivity index (χ1) is 10.1. The Hall–Kier alpha value is -1.55. The molecule has 1 aromatic carbocycles. The zero-order chi connectivity index (χ0) is 15.1. The molecule has 1 aliphatic carbocycles. The lowest BCUT2D eigenvalue weighted by Crippen LogP contribution is -2.48. The molecule has 114 valence electrons. The first-order valence-electron chi connectivity index (χ1n) is 7.54. The maximum absolute atomic E-state index is 5.53. The van der Waals surface area contributed by atoms with Crippen LogP contribution in [0.4, 0.5) is 5.69 Å². The molecule has 0 unspecified atom stereocenters. The van der Waals surface area contributed by atoms with Gasteiger partial charge in [-0.05, 0) is 44.1 Å². The monoisotopic (exact) mass is 304 g/mol. The predicted octanol–water partition coefficient (Wildman–Crippen LogP) is 4.26. The van der Waals surface area contributed by atoms with Gasteiger partial charge in [0.05, 0.1) is 0 Å². The second kappa shape index (κ2) is 7.46. The maximum Gasteiger partial charge on any atom is 0.171 e. The van der Waals surface area contributed by atoms with Gasteiger partial charge in [0.1, 0.15) is 12.4 Å². The van der Waals surface area contributed by atoms with Gasteiger partial charge in [-0.2, -0.15) is 0 Å². The van der Waals surface area contributed by atoms with Gasteiger partial charge in [-0.1, -0.05) is 38.0 Å². The highest BCUT2D eigenvalue weighted by Gasteiger charge is 2.27. The van der Waals surface area contributed by atoms with E-state index in [1.807, 2.05) is 24.3 Å². The number of benzene rings is 1. The molecule has 2 rings (SSSR count). The summed E-state index contributed by atoms with van der Waals surface area (Å²) in [6.45, 7) is 6.41. The topological polar surface area (TPSA) is 33.3 Å². The third-order valence-electron chi connectivity index (χ3n) is 3.83. The minimum atomic E-state index is 0.124. The fourth-order valence-electron chi connectivity index (χ4n) is 2.71. The van der Waals surface area contributed by atoms with E-state index in [1.54, 1.807) is 6.08 Å². The van der Waals surface area contributed by atoms with Crippen LogP contribution in [0.1, 0.15) is 39.0 Å². The van der Waals surface area contributed by atoms with Crippen LogP contribution in [0.2, 0.25) is 0 Å². The summed E-state index contributed by atoms with van der Waals surface area (Å²) in [5, 5.41) is 7.40. The fraction of sp³-hybridized carbons (Fsp3) is 0.471. The fourth-order valence-corrected chi connectivity index (χ4v) is 3.08. The molecule has 4 heteroatoms. The SMILES string of the molecule is C=CCOc1cccc(NC(=S)NC2(C)CCCCC2)c1. The highest BCUT2D eigenvalue weighted by Crippen LogP contribution is 2.27. The first kappa shape index (κ1) is 15.8. The number of hydrogen-bond donors (Lipinski definition) is 2. The van der Waals surface area contributed by atoms with Gasteiger partial charge in [-0.3, -0.25) is 0 Å². The van der Waals surface area contributed by atoms with Crippen molar-refractivity contribution in [3.8, 4) is 5.75 Å². The van der Waals surface area contributed by atoms with Crippen molar-refractivity contribution in [2.45, 2.75) is 44.6 Å². The molecule has 0 bridgehead atoms. The van der Waals surface area contributed by atoms with Crippen LogP contribution in [-0.4, -0.2) is 17.3 Å². The summed E-state index contributed by atoms with van der Waals surface area (Å²) in [5.74, 6) is 0.812. The van der Waals surface area contributed by atoms with Gasteiger partial charge in [-0.25, -0.2) is 0 Å². The minimum absolute atomic E-state index is 0.124. The van der Waals surface area contributed by atoms with Crippen molar-refractivity contribution in [2.75, 3.05) is 11.9 Å². The molecule has 0 aromatic heterocycles. The van der Waals surface area contributed by atoms with Crippen LogP contribution in [0, 0.1) is 0 Å². The highest BCUT2D eigenvalue weighted by atomic mass is 32.1. The number of nitrogens with one attached hydrogen (secondary N) is 2. The van der Waals surface area contributed by atoms with Crippen LogP contribution in [0.5, 0.6) is 5.75 Å². The molecule has 1 saturated carbocycles. The largest absolute Gasteiger partial charge is 0.489 e. The molecule has 21 heavy (non-hydrogen) atoms. The summed E-state index contributed by atoms with van der Waals surface area (Å²) in [6, 6.07) is 7.80. The summed E-state index contributed by atoms with van der Waals surface area (Å²) in [5.41, 5.74) is 1.06. The molecule has 0 radical (unpaired) electrons. The second-order valence-electron chi connectivity index (χ2n) is 5.83. The first-order valence-corrected chi connectivity index (χ1v) is 7.95. The quantitative estimate of drug-likeness (QED) is 0.629. The molecule has 2 N–H and O–H groups in total. The predicted molar refractivity (Wildman–Crippen MR) is 93.0 cm³/mol. The molecule has 0 saturated heterocycles. The van der Waals surface area contributed by atoms with E-state index >= 15 is 0 Å². The van der Waals surface area contributed by atoms with Gasteiger partial charge in [0.2, 0.25) is 0 Å². The zero-order valence-corrected chi connectivity index (χ0v) is 13.5. The van der Waals surface area contributed by atoms with Crippen LogP contribution >= 0.6 is 12.2 Å². The zero-order valence-electron chi connectivity index (χ0n) is 12.7. The molecule has 1 fully saturated rings. The van der Waals surface area contributed by atoms with Gasteiger partial charge in [-0.15, -0.1) is 0 Å². The Bertz CT molecular complexity index is 495. The normalized spacial score (nSPS) is 16.8. The number of hydrogen-bond acceptors (Lipinski definition) is 2. The van der Waals surface area contributed by atoms with E-state index in [2.05, 4.69) is 24.1 Å². The van der Waals surface area contributed by atoms with Crippen LogP contribution in [0.15, 0.2) is 36.9 Å². The Morgan fingerprint density at radius 1 is 1.38 bits per heavy atom. The molecule has 0 aliphatic heterocycles. The highest BCUT2D eigenvalue weighted by molar-refractivity contribution is 7.80. The van der Waals surface area contributed by atoms with Gasteiger partial charge < -0.3 is 15.4 Å². The molecule has 1 aliphatic rings. The Morgan fingerprint density at radius 3 is 2.86 bits per heavy atom. The molecular weight excluding hydrogens is 280 g/mol.